The number of likely N-dealkylation sites (tertiary alicyclic amines) is 1. The first-order valence-corrected chi connectivity index (χ1v) is 8.84. The van der Waals surface area contributed by atoms with Crippen LogP contribution in [0.15, 0.2) is 24.4 Å². The van der Waals surface area contributed by atoms with Gasteiger partial charge in [0.2, 0.25) is 0 Å². The molecule has 1 aliphatic heterocycles. The molecule has 1 fully saturated rings. The third-order valence-electron chi connectivity index (χ3n) is 5.03. The van der Waals surface area contributed by atoms with Gasteiger partial charge < -0.3 is 0 Å². The minimum absolute atomic E-state index is 0.284. The molecule has 0 radical (unpaired) electrons. The van der Waals surface area contributed by atoms with Crippen molar-refractivity contribution >= 4 is 0 Å². The number of hydrogen-bond acceptors (Lipinski definition) is 4. The van der Waals surface area contributed by atoms with Gasteiger partial charge in [0.05, 0.1) is 17.9 Å². The maximum absolute atomic E-state index is 4.55. The van der Waals surface area contributed by atoms with Gasteiger partial charge in [-0.3, -0.25) is 15.1 Å². The Hall–Kier alpha value is -2.47. The predicted molar refractivity (Wildman–Crippen MR) is 97.0 cm³/mol. The van der Waals surface area contributed by atoms with Gasteiger partial charge in [-0.1, -0.05) is 17.7 Å². The van der Waals surface area contributed by atoms with Crippen LogP contribution in [0.2, 0.25) is 0 Å². The molecule has 3 heterocycles. The van der Waals surface area contributed by atoms with Gasteiger partial charge in [0.15, 0.2) is 5.82 Å². The van der Waals surface area contributed by atoms with Crippen LogP contribution in [0.1, 0.15) is 47.2 Å². The van der Waals surface area contributed by atoms with E-state index in [4.69, 9.17) is 0 Å². The van der Waals surface area contributed by atoms with Crippen molar-refractivity contribution < 1.29 is 0 Å². The first-order chi connectivity index (χ1) is 12.1. The molecule has 0 saturated carbocycles. The number of H-pyrrole nitrogens is 2. The van der Waals surface area contributed by atoms with Gasteiger partial charge in [0.25, 0.3) is 0 Å². The first kappa shape index (κ1) is 16.0. The average Bonchev–Trinajstić information content (AvgIpc) is 3.31. The number of nitrogens with one attached hydrogen (secondary N) is 2. The van der Waals surface area contributed by atoms with E-state index in [-0.39, 0.29) is 6.04 Å². The van der Waals surface area contributed by atoms with E-state index in [1.54, 1.807) is 0 Å². The largest absolute Gasteiger partial charge is 0.289 e. The van der Waals surface area contributed by atoms with Crippen LogP contribution >= 0.6 is 0 Å². The lowest BCUT2D eigenvalue weighted by molar-refractivity contribution is 0.240. The Bertz CT molecular complexity index is 878. The van der Waals surface area contributed by atoms with Crippen molar-refractivity contribution in [3.63, 3.8) is 0 Å². The summed E-state index contributed by atoms with van der Waals surface area (Å²) >= 11 is 0. The van der Waals surface area contributed by atoms with Gasteiger partial charge in [-0.2, -0.15) is 10.2 Å². The van der Waals surface area contributed by atoms with Gasteiger partial charge >= 0.3 is 0 Å². The van der Waals surface area contributed by atoms with E-state index < -0.39 is 0 Å². The molecule has 1 aliphatic rings. The Morgan fingerprint density at radius 2 is 2.08 bits per heavy atom. The zero-order chi connectivity index (χ0) is 17.4. The summed E-state index contributed by atoms with van der Waals surface area (Å²) in [6, 6.07) is 6.83. The summed E-state index contributed by atoms with van der Waals surface area (Å²) in [6.07, 6.45) is 4.23. The monoisotopic (exact) mass is 336 g/mol. The maximum atomic E-state index is 4.55. The Kier molecular flexibility index (Phi) is 4.13. The Morgan fingerprint density at radius 1 is 1.20 bits per heavy atom. The molecular weight excluding hydrogens is 312 g/mol. The summed E-state index contributed by atoms with van der Waals surface area (Å²) in [5.41, 5.74) is 6.11. The summed E-state index contributed by atoms with van der Waals surface area (Å²) in [4.78, 5) is 7.01. The molecule has 4 rings (SSSR count). The normalized spacial score (nSPS) is 18.1. The molecule has 25 heavy (non-hydrogen) atoms. The van der Waals surface area contributed by atoms with E-state index in [1.165, 1.54) is 28.7 Å². The zero-order valence-corrected chi connectivity index (χ0v) is 15.0. The van der Waals surface area contributed by atoms with E-state index in [9.17, 15) is 0 Å². The number of aromatic nitrogens is 5. The molecule has 1 aromatic carbocycles. The Balaban J connectivity index is 1.61. The second-order valence-electron chi connectivity index (χ2n) is 7.00. The molecule has 3 aromatic rings. The van der Waals surface area contributed by atoms with Crippen molar-refractivity contribution in [3.8, 4) is 11.3 Å². The van der Waals surface area contributed by atoms with Crippen molar-refractivity contribution in [1.82, 2.24) is 30.3 Å². The Labute approximate surface area is 147 Å². The fraction of sp³-hybridized carbons (Fsp3) is 0.421. The van der Waals surface area contributed by atoms with Crippen LogP contribution < -0.4 is 0 Å². The van der Waals surface area contributed by atoms with Crippen molar-refractivity contribution in [2.75, 3.05) is 6.54 Å². The lowest BCUT2D eigenvalue weighted by Crippen LogP contribution is -2.23. The lowest BCUT2D eigenvalue weighted by Gasteiger charge is -2.22. The SMILES string of the molecule is Cc1ccc(C)c(-c2[nH]ncc2CN2CCCC2c2n[nH]c(C)n2)c1. The minimum atomic E-state index is 0.284. The van der Waals surface area contributed by atoms with Crippen molar-refractivity contribution in [3.05, 3.63) is 52.7 Å². The quantitative estimate of drug-likeness (QED) is 0.765. The molecule has 6 nitrogen and oxygen atoms in total. The molecule has 0 amide bonds. The summed E-state index contributed by atoms with van der Waals surface area (Å²) in [5, 5.41) is 14.9. The molecule has 0 spiro atoms. The topological polar surface area (TPSA) is 73.5 Å². The fourth-order valence-electron chi connectivity index (χ4n) is 3.70. The number of aryl methyl sites for hydroxylation is 3. The minimum Gasteiger partial charge on any atom is -0.289 e. The van der Waals surface area contributed by atoms with Crippen LogP contribution in [0.4, 0.5) is 0 Å². The molecule has 6 heteroatoms. The van der Waals surface area contributed by atoms with Crippen LogP contribution in [-0.4, -0.2) is 36.8 Å². The van der Waals surface area contributed by atoms with E-state index in [1.807, 2.05) is 13.1 Å². The smallest absolute Gasteiger partial charge is 0.167 e. The Morgan fingerprint density at radius 3 is 2.88 bits per heavy atom. The number of aromatic amines is 2. The molecule has 1 atom stereocenters. The van der Waals surface area contributed by atoms with Crippen LogP contribution in [0.5, 0.6) is 0 Å². The summed E-state index contributed by atoms with van der Waals surface area (Å²) in [5.74, 6) is 1.79. The highest BCUT2D eigenvalue weighted by atomic mass is 15.3. The molecule has 1 saturated heterocycles. The molecule has 2 aromatic heterocycles. The average molecular weight is 336 g/mol. The van der Waals surface area contributed by atoms with Gasteiger partial charge in [-0.25, -0.2) is 4.98 Å². The van der Waals surface area contributed by atoms with Crippen molar-refractivity contribution in [2.24, 2.45) is 0 Å². The van der Waals surface area contributed by atoms with Gasteiger partial charge in [0, 0.05) is 17.7 Å². The molecule has 130 valence electrons. The molecule has 1 unspecified atom stereocenters. The summed E-state index contributed by atoms with van der Waals surface area (Å²) < 4.78 is 0. The van der Waals surface area contributed by atoms with Crippen LogP contribution in [-0.2, 0) is 6.54 Å². The van der Waals surface area contributed by atoms with Crippen LogP contribution in [0, 0.1) is 20.8 Å². The first-order valence-electron chi connectivity index (χ1n) is 8.84. The number of nitrogens with zero attached hydrogens (tertiary/aromatic N) is 4. The maximum Gasteiger partial charge on any atom is 0.167 e. The second kappa shape index (κ2) is 6.44. The number of rotatable bonds is 4. The lowest BCUT2D eigenvalue weighted by atomic mass is 10.00. The third kappa shape index (κ3) is 3.09. The van der Waals surface area contributed by atoms with Gasteiger partial charge in [-0.15, -0.1) is 0 Å². The number of benzene rings is 1. The fourth-order valence-corrected chi connectivity index (χ4v) is 3.70. The number of hydrogen-bond donors (Lipinski definition) is 2. The molecule has 2 N–H and O–H groups in total. The molecule has 0 aliphatic carbocycles. The zero-order valence-electron chi connectivity index (χ0n) is 15.0. The standard InChI is InChI=1S/C19H24N6/c1-12-6-7-13(2)16(9-12)18-15(10-20-23-18)11-25-8-4-5-17(25)19-21-14(3)22-24-19/h6-7,9-10,17H,4-5,8,11H2,1-3H3,(H,20,23)(H,21,22,24). The van der Waals surface area contributed by atoms with Gasteiger partial charge in [-0.05, 0) is 51.8 Å². The summed E-state index contributed by atoms with van der Waals surface area (Å²) in [7, 11) is 0. The second-order valence-corrected chi connectivity index (χ2v) is 7.00. The van der Waals surface area contributed by atoms with Crippen LogP contribution in [0.3, 0.4) is 0 Å². The van der Waals surface area contributed by atoms with E-state index in [0.29, 0.717) is 0 Å². The summed E-state index contributed by atoms with van der Waals surface area (Å²) in [6.45, 7) is 8.15. The van der Waals surface area contributed by atoms with E-state index in [0.717, 1.165) is 36.9 Å². The third-order valence-corrected chi connectivity index (χ3v) is 5.03. The highest BCUT2D eigenvalue weighted by molar-refractivity contribution is 5.67. The highest BCUT2D eigenvalue weighted by Crippen LogP contribution is 2.33. The van der Waals surface area contributed by atoms with Gasteiger partial charge in [0.1, 0.15) is 5.82 Å². The van der Waals surface area contributed by atoms with Crippen molar-refractivity contribution in [2.45, 2.75) is 46.2 Å². The van der Waals surface area contributed by atoms with E-state index in [2.05, 4.69) is 62.3 Å². The van der Waals surface area contributed by atoms with E-state index >= 15 is 0 Å². The molecule has 0 bridgehead atoms. The highest BCUT2D eigenvalue weighted by Gasteiger charge is 2.30. The predicted octanol–water partition coefficient (Wildman–Crippen LogP) is 3.46. The van der Waals surface area contributed by atoms with Crippen LogP contribution in [0.25, 0.3) is 11.3 Å². The van der Waals surface area contributed by atoms with Crippen molar-refractivity contribution in [1.29, 1.82) is 0 Å². The molecular formula is C19H24N6.